The average molecular weight is 230 g/mol. The molecule has 0 saturated carbocycles. The summed E-state index contributed by atoms with van der Waals surface area (Å²) in [4.78, 5) is 0. The molecule has 0 bridgehead atoms. The van der Waals surface area contributed by atoms with Gasteiger partial charge in [0.25, 0.3) is 0 Å². The molecule has 1 rings (SSSR count). The quantitative estimate of drug-likeness (QED) is 0.577. The van der Waals surface area contributed by atoms with Crippen LogP contribution in [0.1, 0.15) is 5.01 Å². The van der Waals surface area contributed by atoms with Crippen LogP contribution in [0.4, 0.5) is 13.2 Å². The first-order valence-corrected chi connectivity index (χ1v) is 4.19. The molecule has 7 heteroatoms. The summed E-state index contributed by atoms with van der Waals surface area (Å²) >= 11 is 1.62. The Morgan fingerprint density at radius 2 is 1.90 bits per heavy atom. The van der Waals surface area contributed by atoms with Crippen molar-refractivity contribution in [3.05, 3.63) is 5.01 Å². The predicted octanol–water partition coefficient (Wildman–Crippen LogP) is -0.185. The zero-order valence-corrected chi connectivity index (χ0v) is 7.75. The van der Waals surface area contributed by atoms with Crippen LogP contribution in [0.3, 0.4) is 0 Å². The third-order valence-corrected chi connectivity index (χ3v) is 2.46. The van der Waals surface area contributed by atoms with E-state index in [1.165, 1.54) is 0 Å². The second-order valence-corrected chi connectivity index (χ2v) is 4.48. The van der Waals surface area contributed by atoms with E-state index in [1.807, 2.05) is 0 Å². The molecule has 0 aliphatic rings. The van der Waals surface area contributed by atoms with E-state index >= 15 is 0 Å². The number of halogens is 3. The van der Waals surface area contributed by atoms with Gasteiger partial charge in [0.15, 0.2) is 0 Å². The maximum absolute atomic E-state index is 11.7. The molecule has 10 heavy (non-hydrogen) atoms. The van der Waals surface area contributed by atoms with Crippen molar-refractivity contribution < 1.29 is 13.2 Å². The normalized spacial score (nSPS) is 12.0. The Bertz CT molecular complexity index is 232. The molecule has 0 amide bonds. The fourth-order valence-corrected chi connectivity index (χ4v) is 1.65. The van der Waals surface area contributed by atoms with E-state index < -0.39 is 11.2 Å². The fraction of sp³-hybridized carbons (Fsp3) is 0.333. The Labute approximate surface area is 67.0 Å². The van der Waals surface area contributed by atoms with Crippen molar-refractivity contribution in [2.24, 2.45) is 0 Å². The number of hydrogen-bond donors (Lipinski definition) is 0. The van der Waals surface area contributed by atoms with Gasteiger partial charge < -0.3 is 0 Å². The second-order valence-electron chi connectivity index (χ2n) is 1.44. The van der Waals surface area contributed by atoms with Gasteiger partial charge in [0.05, 0.1) is 0 Å². The molecule has 1 atom stereocenters. The van der Waals surface area contributed by atoms with Gasteiger partial charge in [-0.1, -0.05) is 0 Å². The number of aromatic nitrogens is 2. The summed E-state index contributed by atoms with van der Waals surface area (Å²) in [5.74, 6) is 0. The van der Waals surface area contributed by atoms with Crippen LogP contribution >= 0.6 is 11.3 Å². The van der Waals surface area contributed by atoms with Crippen molar-refractivity contribution in [2.75, 3.05) is 0 Å². The van der Waals surface area contributed by atoms with E-state index in [2.05, 4.69) is 10.2 Å². The maximum atomic E-state index is 11.7. The molecule has 2 nitrogen and oxygen atoms in total. The van der Waals surface area contributed by atoms with Crippen LogP contribution in [-0.2, 0) is 6.18 Å². The number of rotatable bonds is 0. The summed E-state index contributed by atoms with van der Waals surface area (Å²) in [5.41, 5.74) is 0. The molecule has 0 saturated heterocycles. The van der Waals surface area contributed by atoms with E-state index in [-0.39, 0.29) is 0 Å². The van der Waals surface area contributed by atoms with Crippen LogP contribution in [-0.4, -0.2) is 27.1 Å². The Kier molecular flexibility index (Phi) is 2.01. The molecular formula is C3H2AsF3N2S. The van der Waals surface area contributed by atoms with Gasteiger partial charge >= 0.3 is 66.5 Å². The van der Waals surface area contributed by atoms with E-state index in [4.69, 9.17) is 0 Å². The Balaban J connectivity index is 2.96. The van der Waals surface area contributed by atoms with Gasteiger partial charge in [-0.05, 0) is 0 Å². The van der Waals surface area contributed by atoms with Crippen molar-refractivity contribution in [3.8, 4) is 0 Å². The number of alkyl halides is 3. The number of nitrogens with zero attached hydrogens (tertiary/aromatic N) is 2. The Morgan fingerprint density at radius 3 is 2.10 bits per heavy atom. The van der Waals surface area contributed by atoms with Crippen LogP contribution in [0.2, 0.25) is 0 Å². The molecule has 1 unspecified atom stereocenters. The summed E-state index contributed by atoms with van der Waals surface area (Å²) in [6, 6.07) is 0. The first-order chi connectivity index (χ1) is 4.50. The molecule has 0 fully saturated rings. The van der Waals surface area contributed by atoms with Crippen molar-refractivity contribution in [1.29, 1.82) is 0 Å². The van der Waals surface area contributed by atoms with Crippen LogP contribution in [0, 0.1) is 0 Å². The van der Waals surface area contributed by atoms with Crippen LogP contribution in [0.25, 0.3) is 0 Å². The molecule has 0 radical (unpaired) electrons. The molecule has 0 N–H and O–H groups in total. The number of hydrogen-bond acceptors (Lipinski definition) is 3. The molecule has 1 heterocycles. The summed E-state index contributed by atoms with van der Waals surface area (Å²) in [5, 5.41) is 5.34. The monoisotopic (exact) mass is 230 g/mol. The van der Waals surface area contributed by atoms with Gasteiger partial charge in [0.1, 0.15) is 0 Å². The van der Waals surface area contributed by atoms with Gasteiger partial charge in [-0.15, -0.1) is 0 Å². The van der Waals surface area contributed by atoms with Gasteiger partial charge in [0, 0.05) is 0 Å². The predicted molar refractivity (Wildman–Crippen MR) is 33.1 cm³/mol. The zero-order valence-electron chi connectivity index (χ0n) is 4.51. The molecule has 0 spiro atoms. The van der Waals surface area contributed by atoms with Gasteiger partial charge in [0.2, 0.25) is 0 Å². The van der Waals surface area contributed by atoms with Gasteiger partial charge in [-0.25, -0.2) is 0 Å². The van der Waals surface area contributed by atoms with Crippen molar-refractivity contribution in [1.82, 2.24) is 10.2 Å². The minimum atomic E-state index is -4.33. The molecule has 1 aromatic heterocycles. The first kappa shape index (κ1) is 8.01. The molecule has 0 aliphatic carbocycles. The average Bonchev–Trinajstić information content (AvgIpc) is 2.11. The first-order valence-electron chi connectivity index (χ1n) is 2.16. The molecule has 1 aromatic rings. The molecule has 56 valence electrons. The fourth-order valence-electron chi connectivity index (χ4n) is 0.349. The third kappa shape index (κ3) is 1.70. The van der Waals surface area contributed by atoms with Gasteiger partial charge in [-0.3, -0.25) is 0 Å². The van der Waals surface area contributed by atoms with Crippen molar-refractivity contribution in [2.45, 2.75) is 6.18 Å². The minimum absolute atomic E-state index is 0.389. The Hall–Kier alpha value is -0.0916. The van der Waals surface area contributed by atoms with Crippen molar-refractivity contribution >= 4 is 32.0 Å². The van der Waals surface area contributed by atoms with Gasteiger partial charge in [-0.2, -0.15) is 0 Å². The van der Waals surface area contributed by atoms with Crippen LogP contribution in [0.15, 0.2) is 0 Å². The van der Waals surface area contributed by atoms with E-state index in [9.17, 15) is 13.2 Å². The standard InChI is InChI=1S/C3H2AsF3N2S/c4-2-9-8-1(10-2)3(5,6)7/h4H2. The SMILES string of the molecule is FC(F)(F)c1nnc([AsH2])s1. The molecular weight excluding hydrogens is 228 g/mol. The molecule has 0 aromatic carbocycles. The van der Waals surface area contributed by atoms with Crippen LogP contribution in [0.5, 0.6) is 0 Å². The third-order valence-electron chi connectivity index (χ3n) is 0.683. The van der Waals surface area contributed by atoms with Crippen molar-refractivity contribution in [3.63, 3.8) is 0 Å². The summed E-state index contributed by atoms with van der Waals surface area (Å²) in [6.07, 6.45) is -4.33. The van der Waals surface area contributed by atoms with E-state index in [1.54, 1.807) is 0 Å². The second kappa shape index (κ2) is 2.51. The van der Waals surface area contributed by atoms with E-state index in [0.29, 0.717) is 15.1 Å². The topological polar surface area (TPSA) is 25.8 Å². The summed E-state index contributed by atoms with van der Waals surface area (Å²) in [6.45, 7) is 0. The summed E-state index contributed by atoms with van der Waals surface area (Å²) in [7, 11) is 0. The molecule has 0 aliphatic heterocycles. The zero-order chi connectivity index (χ0) is 7.78. The Morgan fingerprint density at radius 1 is 1.30 bits per heavy atom. The van der Waals surface area contributed by atoms with Crippen LogP contribution < -0.4 is 3.80 Å². The van der Waals surface area contributed by atoms with E-state index in [0.717, 1.165) is 16.9 Å². The summed E-state index contributed by atoms with van der Waals surface area (Å²) < 4.78 is 35.5.